The largest absolute Gasteiger partial charge is 0.489 e. The highest BCUT2D eigenvalue weighted by molar-refractivity contribution is 6.31. The van der Waals surface area contributed by atoms with E-state index >= 15 is 0 Å². The van der Waals surface area contributed by atoms with Crippen molar-refractivity contribution in [3.05, 3.63) is 92.9 Å². The smallest absolute Gasteiger partial charge is 0.275 e. The number of carbonyl (C=O) groups is 3. The summed E-state index contributed by atoms with van der Waals surface area (Å²) in [4.78, 5) is 59.0. The van der Waals surface area contributed by atoms with Crippen LogP contribution in [0.4, 0.5) is 11.4 Å². The molecule has 4 heterocycles. The van der Waals surface area contributed by atoms with Gasteiger partial charge in [-0.05, 0) is 92.6 Å². The van der Waals surface area contributed by atoms with E-state index in [-0.39, 0.29) is 59.1 Å². The Kier molecular flexibility index (Phi) is 11.0. The van der Waals surface area contributed by atoms with Crippen molar-refractivity contribution in [1.29, 1.82) is 5.26 Å². The number of piperidine rings is 2. The minimum Gasteiger partial charge on any atom is -0.489 e. The number of nitrogens with zero attached hydrogens (tertiary/aromatic N) is 6. The first-order valence-electron chi connectivity index (χ1n) is 22.1. The molecule has 4 aromatic rings. The lowest BCUT2D eigenvalue weighted by molar-refractivity contribution is -0.164. The van der Waals surface area contributed by atoms with Gasteiger partial charge < -0.3 is 19.9 Å². The van der Waals surface area contributed by atoms with Crippen LogP contribution in [0.2, 0.25) is 5.02 Å². The van der Waals surface area contributed by atoms with Crippen molar-refractivity contribution in [2.75, 3.05) is 55.6 Å². The number of rotatable bonds is 10. The van der Waals surface area contributed by atoms with Gasteiger partial charge in [0.1, 0.15) is 24.0 Å². The molecule has 2 saturated carbocycles. The number of fused-ring (bicyclic) bond motifs is 1. The van der Waals surface area contributed by atoms with E-state index in [1.54, 1.807) is 18.2 Å². The Balaban J connectivity index is 0.754. The Morgan fingerprint density at radius 1 is 0.855 bits per heavy atom. The molecule has 0 radical (unpaired) electrons. The first kappa shape index (κ1) is 41.9. The summed E-state index contributed by atoms with van der Waals surface area (Å²) in [6, 6.07) is 20.3. The number of anilines is 2. The van der Waals surface area contributed by atoms with E-state index in [4.69, 9.17) is 21.4 Å². The second kappa shape index (κ2) is 16.3. The predicted molar refractivity (Wildman–Crippen MR) is 239 cm³/mol. The van der Waals surface area contributed by atoms with Gasteiger partial charge >= 0.3 is 0 Å². The zero-order chi connectivity index (χ0) is 43.5. The lowest BCUT2D eigenvalue weighted by atomic mass is 9.49. The third-order valence-electron chi connectivity index (χ3n) is 14.2. The number of imide groups is 1. The van der Waals surface area contributed by atoms with Gasteiger partial charge in [0.15, 0.2) is 0 Å². The van der Waals surface area contributed by atoms with Crippen molar-refractivity contribution in [3.63, 3.8) is 0 Å². The van der Waals surface area contributed by atoms with Crippen molar-refractivity contribution in [2.45, 2.75) is 90.3 Å². The lowest BCUT2D eigenvalue weighted by Crippen LogP contribution is -2.74. The minimum absolute atomic E-state index is 0.0988. The second-order valence-corrected chi connectivity index (χ2v) is 19.6. The normalized spacial score (nSPS) is 24.0. The van der Waals surface area contributed by atoms with Crippen LogP contribution in [-0.2, 0) is 9.59 Å². The van der Waals surface area contributed by atoms with Gasteiger partial charge in [-0.25, -0.2) is 4.68 Å². The van der Waals surface area contributed by atoms with E-state index in [2.05, 4.69) is 77.3 Å². The molecule has 324 valence electrons. The van der Waals surface area contributed by atoms with Crippen LogP contribution < -0.4 is 30.7 Å². The van der Waals surface area contributed by atoms with Crippen LogP contribution in [0.3, 0.4) is 0 Å². The monoisotopic (exact) mass is 858 g/mol. The molecule has 3 aliphatic heterocycles. The highest BCUT2D eigenvalue weighted by Gasteiger charge is 2.64. The summed E-state index contributed by atoms with van der Waals surface area (Å²) in [6.07, 6.45) is 4.56. The number of halogens is 1. The summed E-state index contributed by atoms with van der Waals surface area (Å²) < 4.78 is 7.72. The number of piperazine rings is 1. The molecule has 0 spiro atoms. The van der Waals surface area contributed by atoms with Crippen molar-refractivity contribution in [3.8, 4) is 11.8 Å². The fourth-order valence-corrected chi connectivity index (χ4v) is 11.0. The molecule has 2 N–H and O–H groups in total. The number of aromatic nitrogens is 2. The number of ether oxygens (including phenoxy) is 1. The van der Waals surface area contributed by atoms with E-state index in [1.165, 1.54) is 4.68 Å². The molecule has 9 rings (SSSR count). The lowest BCUT2D eigenvalue weighted by Gasteiger charge is -2.63. The van der Waals surface area contributed by atoms with Crippen molar-refractivity contribution >= 4 is 51.5 Å². The van der Waals surface area contributed by atoms with Gasteiger partial charge in [0, 0.05) is 103 Å². The molecule has 14 heteroatoms. The maximum atomic E-state index is 13.6. The van der Waals surface area contributed by atoms with E-state index in [9.17, 15) is 24.4 Å². The number of benzene rings is 3. The summed E-state index contributed by atoms with van der Waals surface area (Å²) in [7, 11) is 0. The van der Waals surface area contributed by atoms with Gasteiger partial charge in [0.25, 0.3) is 17.4 Å². The average molecular weight is 859 g/mol. The molecule has 2 aliphatic carbocycles. The van der Waals surface area contributed by atoms with Gasteiger partial charge in [0.2, 0.25) is 5.91 Å². The maximum Gasteiger partial charge on any atom is 0.275 e. The molecule has 0 unspecified atom stereocenters. The molecule has 1 aromatic heterocycles. The van der Waals surface area contributed by atoms with Crippen LogP contribution >= 0.6 is 11.6 Å². The summed E-state index contributed by atoms with van der Waals surface area (Å²) in [5, 5.41) is 21.5. The number of hydrogen-bond donors (Lipinski definition) is 2. The molecule has 13 nitrogen and oxygen atoms in total. The predicted octanol–water partition coefficient (Wildman–Crippen LogP) is 6.43. The highest BCUT2D eigenvalue weighted by atomic mass is 35.5. The highest BCUT2D eigenvalue weighted by Crippen LogP contribution is 2.55. The number of nitriles is 1. The fraction of sp³-hybridized carbons (Fsp3) is 0.500. The van der Waals surface area contributed by atoms with Crippen molar-refractivity contribution in [1.82, 2.24) is 25.3 Å². The molecular formula is C48H55ClN8O5. The zero-order valence-electron chi connectivity index (χ0n) is 36.0. The number of nitrogens with one attached hydrogen (secondary N) is 2. The SMILES string of the molecule is CC1(C)C(NC(=O)c2ccc(N3CCC(CN4CCN(c5ccc6c(=O)n([C@@H]7CCC(=O)NC7=O)nc(C7CC7)c6c5)CC4)CC3)cc2)C(C)(C)C1Oc1ccc(C#N)c(Cl)c1. The molecule has 3 amide bonds. The number of carbonyl (C=O) groups excluding carboxylic acids is 3. The van der Waals surface area contributed by atoms with E-state index in [0.29, 0.717) is 33.2 Å². The van der Waals surface area contributed by atoms with Crippen LogP contribution in [0, 0.1) is 28.1 Å². The zero-order valence-corrected chi connectivity index (χ0v) is 36.7. The van der Waals surface area contributed by atoms with Crippen LogP contribution in [0.1, 0.15) is 99.8 Å². The topological polar surface area (TPSA) is 153 Å². The van der Waals surface area contributed by atoms with Gasteiger partial charge in [-0.3, -0.25) is 29.4 Å². The summed E-state index contributed by atoms with van der Waals surface area (Å²) in [5.41, 5.74) is 3.18. The molecule has 3 aromatic carbocycles. The van der Waals surface area contributed by atoms with Gasteiger partial charge in [-0.2, -0.15) is 10.4 Å². The van der Waals surface area contributed by atoms with E-state index < -0.39 is 11.9 Å². The summed E-state index contributed by atoms with van der Waals surface area (Å²) >= 11 is 6.27. The molecule has 3 saturated heterocycles. The molecule has 5 aliphatic rings. The first-order chi connectivity index (χ1) is 29.7. The average Bonchev–Trinajstić information content (AvgIpc) is 4.11. The quantitative estimate of drug-likeness (QED) is 0.171. The summed E-state index contributed by atoms with van der Waals surface area (Å²) in [5.74, 6) is 0.640. The van der Waals surface area contributed by atoms with Crippen molar-refractivity contribution < 1.29 is 19.1 Å². The molecule has 5 fully saturated rings. The maximum absolute atomic E-state index is 13.6. The van der Waals surface area contributed by atoms with Gasteiger partial charge in [-0.15, -0.1) is 0 Å². The first-order valence-corrected chi connectivity index (χ1v) is 22.5. The van der Waals surface area contributed by atoms with Crippen LogP contribution in [0.15, 0.2) is 65.5 Å². The third-order valence-corrected chi connectivity index (χ3v) is 14.5. The Labute approximate surface area is 367 Å². The van der Waals surface area contributed by atoms with E-state index in [0.717, 1.165) is 94.0 Å². The van der Waals surface area contributed by atoms with Crippen LogP contribution in [0.5, 0.6) is 5.75 Å². The molecule has 62 heavy (non-hydrogen) atoms. The summed E-state index contributed by atoms with van der Waals surface area (Å²) in [6.45, 7) is 15.2. The number of hydrogen-bond acceptors (Lipinski definition) is 10. The molecule has 1 atom stereocenters. The van der Waals surface area contributed by atoms with Crippen LogP contribution in [0.25, 0.3) is 10.8 Å². The minimum atomic E-state index is -0.770. The molecular weight excluding hydrogens is 804 g/mol. The van der Waals surface area contributed by atoms with E-state index in [1.807, 2.05) is 24.3 Å². The third kappa shape index (κ3) is 7.92. The Hall–Kier alpha value is -5.45. The Bertz CT molecular complexity index is 2500. The standard InChI is InChI=1S/C48H55ClN8O5/c1-47(2)45(48(3,4)46(47)62-35-13-9-32(27-50)38(49)26-35)52-42(59)31-7-10-33(11-8-31)55-19-17-29(18-20-55)28-54-21-23-56(24-22-54)34-12-14-36-37(25-34)41(30-5-6-30)53-57(44(36)61)39-15-16-40(58)51-43(39)60/h7-14,25-26,29-30,39,45-46H,5-6,15-24,28H2,1-4H3,(H,52,59)(H,51,58,60)/t39-,45?,46?/m1/s1. The molecule has 0 bridgehead atoms. The Morgan fingerprint density at radius 3 is 2.18 bits per heavy atom. The van der Waals surface area contributed by atoms with Crippen molar-refractivity contribution in [2.24, 2.45) is 16.7 Å². The number of amides is 3. The van der Waals surface area contributed by atoms with Gasteiger partial charge in [-0.1, -0.05) is 39.3 Å². The second-order valence-electron chi connectivity index (χ2n) is 19.2. The van der Waals surface area contributed by atoms with Crippen LogP contribution in [-0.4, -0.2) is 90.4 Å². The fourth-order valence-electron chi connectivity index (χ4n) is 10.8. The Morgan fingerprint density at radius 2 is 1.53 bits per heavy atom. The van der Waals surface area contributed by atoms with Gasteiger partial charge in [0.05, 0.1) is 21.7 Å².